The van der Waals surface area contributed by atoms with Crippen molar-refractivity contribution < 1.29 is 23.0 Å². The van der Waals surface area contributed by atoms with Gasteiger partial charge in [-0.3, -0.25) is 4.90 Å². The number of alkyl halides is 3. The third-order valence-corrected chi connectivity index (χ3v) is 3.14. The summed E-state index contributed by atoms with van der Waals surface area (Å²) in [5, 5.41) is 8.93. The summed E-state index contributed by atoms with van der Waals surface area (Å²) in [5.74, 6) is 0.431. The summed E-state index contributed by atoms with van der Waals surface area (Å²) in [5.41, 5.74) is -0.483. The Bertz CT molecular complexity index is 429. The minimum Gasteiger partial charge on any atom is -0.492 e. The van der Waals surface area contributed by atoms with Gasteiger partial charge in [0.05, 0.1) is 12.2 Å². The molecule has 21 heavy (non-hydrogen) atoms. The molecule has 0 atom stereocenters. The first-order chi connectivity index (χ1) is 9.88. The van der Waals surface area contributed by atoms with Gasteiger partial charge >= 0.3 is 6.18 Å². The smallest absolute Gasteiger partial charge is 0.416 e. The van der Waals surface area contributed by atoms with Gasteiger partial charge in [0.15, 0.2) is 0 Å². The molecule has 0 bridgehead atoms. The molecule has 0 aliphatic rings. The van der Waals surface area contributed by atoms with Gasteiger partial charge in [0.25, 0.3) is 0 Å². The van der Waals surface area contributed by atoms with E-state index in [1.165, 1.54) is 19.1 Å². The van der Waals surface area contributed by atoms with Crippen LogP contribution in [0.1, 0.15) is 24.5 Å². The minimum atomic E-state index is -4.33. The fraction of sp³-hybridized carbons (Fsp3) is 0.600. The molecule has 0 aromatic heterocycles. The van der Waals surface area contributed by atoms with Crippen LogP contribution in [0.15, 0.2) is 18.2 Å². The number of ether oxygens (including phenoxy) is 1. The molecule has 0 aliphatic heterocycles. The first-order valence-electron chi connectivity index (χ1n) is 7.02. The van der Waals surface area contributed by atoms with E-state index in [9.17, 15) is 13.2 Å². The Labute approximate surface area is 123 Å². The molecule has 0 saturated carbocycles. The molecule has 0 aliphatic carbocycles. The Morgan fingerprint density at radius 1 is 1.19 bits per heavy atom. The lowest BCUT2D eigenvalue weighted by Crippen LogP contribution is -2.31. The van der Waals surface area contributed by atoms with Gasteiger partial charge < -0.3 is 9.84 Å². The van der Waals surface area contributed by atoms with E-state index in [2.05, 4.69) is 4.90 Å². The van der Waals surface area contributed by atoms with Gasteiger partial charge in [0, 0.05) is 13.1 Å². The van der Waals surface area contributed by atoms with Crippen LogP contribution in [0.4, 0.5) is 13.2 Å². The predicted molar refractivity (Wildman–Crippen MR) is 75.5 cm³/mol. The quantitative estimate of drug-likeness (QED) is 0.801. The number of benzene rings is 1. The Morgan fingerprint density at radius 3 is 2.43 bits per heavy atom. The van der Waals surface area contributed by atoms with Crippen LogP contribution in [-0.2, 0) is 6.18 Å². The average molecular weight is 305 g/mol. The third kappa shape index (κ3) is 5.93. The molecule has 0 saturated heterocycles. The maximum Gasteiger partial charge on any atom is 0.416 e. The van der Waals surface area contributed by atoms with Crippen molar-refractivity contribution in [2.45, 2.75) is 26.4 Å². The van der Waals surface area contributed by atoms with E-state index in [1.54, 1.807) is 0 Å². The van der Waals surface area contributed by atoms with Crippen LogP contribution in [0.25, 0.3) is 0 Å². The van der Waals surface area contributed by atoms with Gasteiger partial charge in [-0.05, 0) is 43.7 Å². The summed E-state index contributed by atoms with van der Waals surface area (Å²) in [6.07, 6.45) is -3.36. The molecule has 0 heterocycles. The summed E-state index contributed by atoms with van der Waals surface area (Å²) in [6.45, 7) is 5.99. The van der Waals surface area contributed by atoms with Crippen LogP contribution < -0.4 is 4.74 Å². The SMILES string of the molecule is CCCN(CCO)CCOc1ccc(C(F)(F)F)c(C)c1. The van der Waals surface area contributed by atoms with E-state index in [4.69, 9.17) is 9.84 Å². The second-order valence-electron chi connectivity index (χ2n) is 4.89. The Balaban J connectivity index is 2.54. The molecule has 0 fully saturated rings. The number of hydrogen-bond donors (Lipinski definition) is 1. The first kappa shape index (κ1) is 17.8. The lowest BCUT2D eigenvalue weighted by molar-refractivity contribution is -0.138. The maximum absolute atomic E-state index is 12.6. The Morgan fingerprint density at radius 2 is 1.90 bits per heavy atom. The van der Waals surface area contributed by atoms with Crippen molar-refractivity contribution in [2.24, 2.45) is 0 Å². The summed E-state index contributed by atoms with van der Waals surface area (Å²) < 4.78 is 43.4. The minimum absolute atomic E-state index is 0.0827. The van der Waals surface area contributed by atoms with Crippen molar-refractivity contribution in [2.75, 3.05) is 32.8 Å². The molecule has 1 aromatic carbocycles. The van der Waals surface area contributed by atoms with E-state index in [-0.39, 0.29) is 12.2 Å². The van der Waals surface area contributed by atoms with Crippen LogP contribution in [0.5, 0.6) is 5.75 Å². The topological polar surface area (TPSA) is 32.7 Å². The lowest BCUT2D eigenvalue weighted by atomic mass is 10.1. The number of rotatable bonds is 8. The van der Waals surface area contributed by atoms with Crippen LogP contribution >= 0.6 is 0 Å². The van der Waals surface area contributed by atoms with Crippen molar-refractivity contribution in [3.63, 3.8) is 0 Å². The normalized spacial score (nSPS) is 12.0. The van der Waals surface area contributed by atoms with Gasteiger partial charge in [-0.1, -0.05) is 6.92 Å². The van der Waals surface area contributed by atoms with Crippen molar-refractivity contribution in [3.05, 3.63) is 29.3 Å². The molecule has 0 radical (unpaired) electrons. The molecule has 0 amide bonds. The molecular weight excluding hydrogens is 283 g/mol. The Hall–Kier alpha value is -1.27. The van der Waals surface area contributed by atoms with Crippen LogP contribution in [0.3, 0.4) is 0 Å². The van der Waals surface area contributed by atoms with Gasteiger partial charge in [0.2, 0.25) is 0 Å². The van der Waals surface area contributed by atoms with Gasteiger partial charge in [-0.15, -0.1) is 0 Å². The molecule has 3 nitrogen and oxygen atoms in total. The number of nitrogens with zero attached hydrogens (tertiary/aromatic N) is 1. The second kappa shape index (κ2) is 8.24. The highest BCUT2D eigenvalue weighted by Crippen LogP contribution is 2.33. The molecule has 6 heteroatoms. The van der Waals surface area contributed by atoms with E-state index in [0.717, 1.165) is 19.0 Å². The lowest BCUT2D eigenvalue weighted by Gasteiger charge is -2.20. The van der Waals surface area contributed by atoms with Crippen molar-refractivity contribution in [1.29, 1.82) is 0 Å². The van der Waals surface area contributed by atoms with E-state index < -0.39 is 11.7 Å². The first-order valence-corrected chi connectivity index (χ1v) is 7.02. The number of hydrogen-bond acceptors (Lipinski definition) is 3. The Kier molecular flexibility index (Phi) is 6.98. The molecule has 1 rings (SSSR count). The fourth-order valence-electron chi connectivity index (χ4n) is 2.13. The summed E-state index contributed by atoms with van der Waals surface area (Å²) in [4.78, 5) is 2.05. The highest BCUT2D eigenvalue weighted by Gasteiger charge is 2.32. The molecule has 0 spiro atoms. The third-order valence-electron chi connectivity index (χ3n) is 3.14. The van der Waals surface area contributed by atoms with Crippen LogP contribution in [0, 0.1) is 6.92 Å². The monoisotopic (exact) mass is 305 g/mol. The summed E-state index contributed by atoms with van der Waals surface area (Å²) in [6, 6.07) is 3.78. The van der Waals surface area contributed by atoms with Crippen LogP contribution in [0.2, 0.25) is 0 Å². The van der Waals surface area contributed by atoms with E-state index in [0.29, 0.717) is 25.4 Å². The molecule has 0 unspecified atom stereocenters. The van der Waals surface area contributed by atoms with Crippen molar-refractivity contribution in [3.8, 4) is 5.75 Å². The van der Waals surface area contributed by atoms with Gasteiger partial charge in [-0.2, -0.15) is 13.2 Å². The fourth-order valence-corrected chi connectivity index (χ4v) is 2.13. The number of aliphatic hydroxyl groups is 1. The second-order valence-corrected chi connectivity index (χ2v) is 4.89. The zero-order valence-corrected chi connectivity index (χ0v) is 12.4. The standard InChI is InChI=1S/C15H22F3NO2/c1-3-6-19(7-9-20)8-10-21-13-4-5-14(12(2)11-13)15(16,17)18/h4-5,11,20H,3,6-10H2,1-2H3. The van der Waals surface area contributed by atoms with Crippen molar-refractivity contribution in [1.82, 2.24) is 4.90 Å². The van der Waals surface area contributed by atoms with E-state index >= 15 is 0 Å². The summed E-state index contributed by atoms with van der Waals surface area (Å²) >= 11 is 0. The van der Waals surface area contributed by atoms with Crippen LogP contribution in [-0.4, -0.2) is 42.9 Å². The molecule has 1 N–H and O–H groups in total. The highest BCUT2D eigenvalue weighted by atomic mass is 19.4. The van der Waals surface area contributed by atoms with Gasteiger partial charge in [-0.25, -0.2) is 0 Å². The zero-order valence-electron chi connectivity index (χ0n) is 12.4. The average Bonchev–Trinajstić information content (AvgIpc) is 2.37. The zero-order chi connectivity index (χ0) is 15.9. The largest absolute Gasteiger partial charge is 0.492 e. The van der Waals surface area contributed by atoms with E-state index in [1.807, 2.05) is 6.92 Å². The van der Waals surface area contributed by atoms with Gasteiger partial charge in [0.1, 0.15) is 12.4 Å². The highest BCUT2D eigenvalue weighted by molar-refractivity contribution is 5.36. The maximum atomic E-state index is 12.6. The molecule has 1 aromatic rings. The predicted octanol–water partition coefficient (Wildman–Crippen LogP) is 3.10. The number of aliphatic hydroxyl groups excluding tert-OH is 1. The molecule has 120 valence electrons. The number of halogens is 3. The number of aryl methyl sites for hydroxylation is 1. The van der Waals surface area contributed by atoms with Crippen molar-refractivity contribution >= 4 is 0 Å². The molecular formula is C15H22F3NO2. The summed E-state index contributed by atoms with van der Waals surface area (Å²) in [7, 11) is 0.